The Labute approximate surface area is 152 Å². The second kappa shape index (κ2) is 10.9. The topological polar surface area (TPSA) is 92.3 Å². The van der Waals surface area contributed by atoms with Gasteiger partial charge in [-0.15, -0.1) is 0 Å². The number of rotatable bonds is 11. The summed E-state index contributed by atoms with van der Waals surface area (Å²) in [6, 6.07) is 0.590. The van der Waals surface area contributed by atoms with Gasteiger partial charge in [-0.2, -0.15) is 0 Å². The van der Waals surface area contributed by atoms with Gasteiger partial charge >= 0.3 is 14.8 Å². The molecule has 1 saturated heterocycles. The normalized spacial score (nSPS) is 24.0. The SMILES string of the molecule is [2H]C[C@H]1O[C@@H](C)CC1OC(=O)CCC(=O)NCCC[Si](OC)(OC)OC. The maximum Gasteiger partial charge on any atom is 0.500 e. The number of nitrogens with one attached hydrogen (secondary N) is 1. The van der Waals surface area contributed by atoms with Crippen LogP contribution in [0.1, 0.15) is 40.9 Å². The van der Waals surface area contributed by atoms with Crippen LogP contribution in [0.3, 0.4) is 0 Å². The van der Waals surface area contributed by atoms with Gasteiger partial charge in [-0.1, -0.05) is 0 Å². The van der Waals surface area contributed by atoms with Crippen molar-refractivity contribution in [1.82, 2.24) is 5.32 Å². The lowest BCUT2D eigenvalue weighted by Gasteiger charge is -2.24. The van der Waals surface area contributed by atoms with Crippen molar-refractivity contribution in [3.8, 4) is 0 Å². The minimum Gasteiger partial charge on any atom is -0.459 e. The molecule has 9 heteroatoms. The van der Waals surface area contributed by atoms with Crippen LogP contribution in [0, 0.1) is 0 Å². The van der Waals surface area contributed by atoms with Crippen LogP contribution in [0.25, 0.3) is 0 Å². The van der Waals surface area contributed by atoms with Crippen LogP contribution >= 0.6 is 0 Å². The molecule has 1 aliphatic heterocycles. The van der Waals surface area contributed by atoms with E-state index in [1.54, 1.807) is 21.3 Å². The van der Waals surface area contributed by atoms with E-state index in [-0.39, 0.29) is 37.9 Å². The van der Waals surface area contributed by atoms with Crippen molar-refractivity contribution in [2.24, 2.45) is 0 Å². The van der Waals surface area contributed by atoms with Gasteiger partial charge < -0.3 is 28.1 Å². The molecule has 1 amide bonds. The highest BCUT2D eigenvalue weighted by molar-refractivity contribution is 6.60. The second-order valence-electron chi connectivity index (χ2n) is 6.00. The van der Waals surface area contributed by atoms with Gasteiger partial charge in [-0.3, -0.25) is 9.59 Å². The van der Waals surface area contributed by atoms with Crippen molar-refractivity contribution in [2.75, 3.05) is 27.9 Å². The molecule has 1 heterocycles. The average Bonchev–Trinajstić information content (AvgIpc) is 3.00. The molecular weight excluding hydrogens is 346 g/mol. The summed E-state index contributed by atoms with van der Waals surface area (Å²) in [6.07, 6.45) is 0.520. The molecule has 0 radical (unpaired) electrons. The minimum atomic E-state index is -2.62. The standard InChI is InChI=1S/C16H31NO7Si/c1-12-11-14(13(2)23-12)24-16(19)8-7-15(18)17-9-6-10-25(20-3,21-4)22-5/h12-14H,6-11H2,1-5H3,(H,17,18)/t12-,13+,14?/m0/s1/i2D. The Morgan fingerprint density at radius 3 is 2.52 bits per heavy atom. The van der Waals surface area contributed by atoms with E-state index in [1.165, 1.54) is 0 Å². The summed E-state index contributed by atoms with van der Waals surface area (Å²) >= 11 is 0. The number of ether oxygens (including phenoxy) is 2. The zero-order chi connectivity index (χ0) is 19.6. The number of hydrogen-bond donors (Lipinski definition) is 1. The van der Waals surface area contributed by atoms with Crippen LogP contribution in [0.2, 0.25) is 6.04 Å². The molecule has 1 fully saturated rings. The molecule has 0 aromatic heterocycles. The van der Waals surface area contributed by atoms with Crippen LogP contribution in [0.4, 0.5) is 0 Å². The van der Waals surface area contributed by atoms with E-state index >= 15 is 0 Å². The van der Waals surface area contributed by atoms with Gasteiger partial charge in [0.25, 0.3) is 0 Å². The quantitative estimate of drug-likeness (QED) is 0.329. The Kier molecular flexibility index (Phi) is 8.83. The predicted octanol–water partition coefficient (Wildman–Crippen LogP) is 1.26. The minimum absolute atomic E-state index is 0.00827. The number of esters is 1. The third-order valence-corrected chi connectivity index (χ3v) is 6.97. The molecule has 0 spiro atoms. The summed E-state index contributed by atoms with van der Waals surface area (Å²) in [5.74, 6) is -0.652. The molecule has 1 rings (SSSR count). The van der Waals surface area contributed by atoms with E-state index in [0.29, 0.717) is 25.4 Å². The monoisotopic (exact) mass is 378 g/mol. The van der Waals surface area contributed by atoms with Crippen molar-refractivity contribution < 1.29 is 33.7 Å². The highest BCUT2D eigenvalue weighted by Gasteiger charge is 2.37. The molecule has 0 saturated carbocycles. The molecule has 25 heavy (non-hydrogen) atoms. The first kappa shape index (κ1) is 20.3. The Balaban J connectivity index is 2.20. The van der Waals surface area contributed by atoms with Gasteiger partial charge in [0.1, 0.15) is 6.10 Å². The summed E-state index contributed by atoms with van der Waals surface area (Å²) < 4.78 is 34.2. The zero-order valence-corrected chi connectivity index (χ0v) is 16.5. The van der Waals surface area contributed by atoms with Crippen LogP contribution in [0.15, 0.2) is 0 Å². The van der Waals surface area contributed by atoms with Crippen molar-refractivity contribution in [3.63, 3.8) is 0 Å². The predicted molar refractivity (Wildman–Crippen MR) is 93.0 cm³/mol. The van der Waals surface area contributed by atoms with Crippen molar-refractivity contribution in [3.05, 3.63) is 0 Å². The summed E-state index contributed by atoms with van der Waals surface area (Å²) in [5, 5.41) is 2.76. The molecule has 8 nitrogen and oxygen atoms in total. The second-order valence-corrected chi connectivity index (χ2v) is 9.09. The Morgan fingerprint density at radius 1 is 1.24 bits per heavy atom. The van der Waals surface area contributed by atoms with E-state index in [1.807, 2.05) is 6.92 Å². The van der Waals surface area contributed by atoms with E-state index in [2.05, 4.69) is 5.32 Å². The fourth-order valence-corrected chi connectivity index (χ4v) is 4.39. The lowest BCUT2D eigenvalue weighted by atomic mass is 10.1. The highest BCUT2D eigenvalue weighted by atomic mass is 28.4. The first-order valence-electron chi connectivity index (χ1n) is 9.16. The fourth-order valence-electron chi connectivity index (χ4n) is 2.67. The molecule has 146 valence electrons. The van der Waals surface area contributed by atoms with Gasteiger partial charge in [0.05, 0.1) is 18.6 Å². The molecule has 0 bridgehead atoms. The molecule has 0 aromatic carbocycles. The molecule has 3 atom stereocenters. The Bertz CT molecular complexity index is 442. The summed E-state index contributed by atoms with van der Waals surface area (Å²) in [6.45, 7) is 2.39. The van der Waals surface area contributed by atoms with Crippen LogP contribution in [-0.2, 0) is 32.3 Å². The van der Waals surface area contributed by atoms with Crippen LogP contribution in [0.5, 0.6) is 0 Å². The van der Waals surface area contributed by atoms with E-state index < -0.39 is 20.9 Å². The number of amides is 1. The van der Waals surface area contributed by atoms with Crippen LogP contribution < -0.4 is 5.32 Å². The molecule has 1 aliphatic rings. The van der Waals surface area contributed by atoms with Crippen LogP contribution in [-0.4, -0.2) is 66.9 Å². The molecule has 1 unspecified atom stereocenters. The Morgan fingerprint density at radius 2 is 1.92 bits per heavy atom. The summed E-state index contributed by atoms with van der Waals surface area (Å²) in [5.41, 5.74) is 0. The highest BCUT2D eigenvalue weighted by Crippen LogP contribution is 2.23. The summed E-state index contributed by atoms with van der Waals surface area (Å²) in [7, 11) is 2.02. The van der Waals surface area contributed by atoms with Crippen molar-refractivity contribution in [2.45, 2.75) is 63.9 Å². The van der Waals surface area contributed by atoms with Gasteiger partial charge in [-0.25, -0.2) is 0 Å². The van der Waals surface area contributed by atoms with Gasteiger partial charge in [0.2, 0.25) is 5.91 Å². The number of carbonyl (C=O) groups is 2. The van der Waals surface area contributed by atoms with E-state index in [4.69, 9.17) is 24.1 Å². The average molecular weight is 379 g/mol. The lowest BCUT2D eigenvalue weighted by Crippen LogP contribution is -2.43. The molecule has 0 aromatic rings. The van der Waals surface area contributed by atoms with Gasteiger partial charge in [-0.05, 0) is 20.2 Å². The van der Waals surface area contributed by atoms with E-state index in [0.717, 1.165) is 0 Å². The largest absolute Gasteiger partial charge is 0.500 e. The van der Waals surface area contributed by atoms with Gasteiger partial charge in [0.15, 0.2) is 0 Å². The third-order valence-electron chi connectivity index (χ3n) is 4.14. The first-order valence-corrected chi connectivity index (χ1v) is 10.4. The summed E-state index contributed by atoms with van der Waals surface area (Å²) in [4.78, 5) is 23.7. The Hall–Kier alpha value is -1.00. The third kappa shape index (κ3) is 7.41. The number of carbonyl (C=O) groups excluding carboxylic acids is 2. The number of hydrogen-bond acceptors (Lipinski definition) is 7. The molecular formula is C16H31NO7Si. The molecule has 0 aliphatic carbocycles. The van der Waals surface area contributed by atoms with E-state index in [9.17, 15) is 9.59 Å². The van der Waals surface area contributed by atoms with Crippen molar-refractivity contribution >= 4 is 20.7 Å². The van der Waals surface area contributed by atoms with Crippen molar-refractivity contribution in [1.29, 1.82) is 0 Å². The molecule has 1 N–H and O–H groups in total. The maximum absolute atomic E-state index is 11.9. The smallest absolute Gasteiger partial charge is 0.459 e. The fraction of sp³-hybridized carbons (Fsp3) is 0.875. The first-order chi connectivity index (χ1) is 12.4. The lowest BCUT2D eigenvalue weighted by molar-refractivity contribution is -0.152. The maximum atomic E-state index is 11.9. The zero-order valence-electron chi connectivity index (χ0n) is 16.5. The van der Waals surface area contributed by atoms with Gasteiger partial charge in [0, 0.05) is 48.1 Å².